The first kappa shape index (κ1) is 18.3. The highest BCUT2D eigenvalue weighted by Crippen LogP contribution is 2.23. The van der Waals surface area contributed by atoms with Crippen LogP contribution in [0.5, 0.6) is 5.75 Å². The van der Waals surface area contributed by atoms with Crippen LogP contribution in [0.25, 0.3) is 0 Å². The first-order chi connectivity index (χ1) is 12.7. The predicted molar refractivity (Wildman–Crippen MR) is 108 cm³/mol. The Balaban J connectivity index is 1.50. The molecule has 0 saturated heterocycles. The van der Waals surface area contributed by atoms with E-state index in [1.165, 1.54) is 0 Å². The molecule has 0 aliphatic rings. The van der Waals surface area contributed by atoms with Crippen molar-refractivity contribution >= 4 is 29.4 Å². The first-order valence-electron chi connectivity index (χ1n) is 8.18. The Hall–Kier alpha value is -2.49. The molecule has 3 aromatic rings. The Morgan fingerprint density at radius 1 is 0.846 bits per heavy atom. The van der Waals surface area contributed by atoms with Crippen molar-refractivity contribution in [3.8, 4) is 5.75 Å². The van der Waals surface area contributed by atoms with Gasteiger partial charge in [0.15, 0.2) is 0 Å². The van der Waals surface area contributed by atoms with Gasteiger partial charge in [-0.05, 0) is 47.5 Å². The summed E-state index contributed by atoms with van der Waals surface area (Å²) in [6.07, 6.45) is 1.74. The van der Waals surface area contributed by atoms with Crippen molar-refractivity contribution in [3.63, 3.8) is 0 Å². The van der Waals surface area contributed by atoms with Crippen molar-refractivity contribution in [2.24, 2.45) is 5.10 Å². The van der Waals surface area contributed by atoms with Crippen molar-refractivity contribution in [1.82, 2.24) is 5.43 Å². The van der Waals surface area contributed by atoms with Crippen molar-refractivity contribution in [1.29, 1.82) is 0 Å². The van der Waals surface area contributed by atoms with Gasteiger partial charge in [-0.15, -0.1) is 0 Å². The number of nitrogens with one attached hydrogen (secondary N) is 1. The van der Waals surface area contributed by atoms with E-state index in [4.69, 9.17) is 27.9 Å². The number of hydrogen-bond donors (Lipinski definition) is 1. The van der Waals surface area contributed by atoms with Crippen LogP contribution in [0.3, 0.4) is 0 Å². The van der Waals surface area contributed by atoms with Gasteiger partial charge < -0.3 is 10.2 Å². The molecule has 132 valence electrons. The van der Waals surface area contributed by atoms with Gasteiger partial charge >= 0.3 is 0 Å². The van der Waals surface area contributed by atoms with Gasteiger partial charge in [0.05, 0.1) is 12.8 Å². The quantitative estimate of drug-likeness (QED) is 0.418. The van der Waals surface area contributed by atoms with Gasteiger partial charge in [0, 0.05) is 15.6 Å². The smallest absolute Gasteiger partial charge is 0.119 e. The van der Waals surface area contributed by atoms with Gasteiger partial charge in [0.1, 0.15) is 12.4 Å². The summed E-state index contributed by atoms with van der Waals surface area (Å²) in [5, 5.41) is 5.46. The van der Waals surface area contributed by atoms with Crippen LogP contribution in [0, 0.1) is 0 Å². The lowest BCUT2D eigenvalue weighted by atomic mass is 10.2. The van der Waals surface area contributed by atoms with Gasteiger partial charge in [-0.3, -0.25) is 0 Å². The lowest BCUT2D eigenvalue weighted by Gasteiger charge is -2.07. The molecule has 0 unspecified atom stereocenters. The number of ether oxygens (including phenoxy) is 1. The number of halogens is 2. The molecule has 26 heavy (non-hydrogen) atoms. The molecule has 3 aromatic carbocycles. The molecule has 0 amide bonds. The van der Waals surface area contributed by atoms with Gasteiger partial charge in [0.25, 0.3) is 0 Å². The minimum atomic E-state index is 0.466. The fourth-order valence-corrected chi connectivity index (χ4v) is 2.87. The minimum Gasteiger partial charge on any atom is -0.489 e. The first-order valence-corrected chi connectivity index (χ1v) is 8.93. The molecule has 0 aliphatic carbocycles. The second kappa shape index (κ2) is 9.27. The Bertz CT molecular complexity index is 845. The number of hydrogen-bond acceptors (Lipinski definition) is 3. The molecule has 0 saturated carbocycles. The second-order valence-corrected chi connectivity index (χ2v) is 6.45. The van der Waals surface area contributed by atoms with Gasteiger partial charge in [-0.2, -0.15) is 5.10 Å². The fraction of sp³-hybridized carbons (Fsp3) is 0.0952. The molecule has 0 bridgehead atoms. The van der Waals surface area contributed by atoms with E-state index >= 15 is 0 Å². The Labute approximate surface area is 163 Å². The largest absolute Gasteiger partial charge is 0.489 e. The van der Waals surface area contributed by atoms with Crippen molar-refractivity contribution in [2.75, 3.05) is 0 Å². The SMILES string of the molecule is Clc1cccc(Cl)c1CN/N=C\c1ccc(OCc2ccccc2)cc1. The van der Waals surface area contributed by atoms with E-state index in [1.807, 2.05) is 72.8 Å². The number of nitrogens with zero attached hydrogens (tertiary/aromatic N) is 1. The molecule has 0 aromatic heterocycles. The fourth-order valence-electron chi connectivity index (χ4n) is 2.34. The lowest BCUT2D eigenvalue weighted by molar-refractivity contribution is 0.306. The molecule has 0 aliphatic heterocycles. The van der Waals surface area contributed by atoms with Crippen molar-refractivity contribution in [2.45, 2.75) is 13.2 Å². The van der Waals surface area contributed by atoms with Crippen LogP contribution in [0.4, 0.5) is 0 Å². The van der Waals surface area contributed by atoms with Crippen LogP contribution < -0.4 is 10.2 Å². The third-order valence-corrected chi connectivity index (χ3v) is 4.46. The van der Waals surface area contributed by atoms with E-state index in [0.717, 1.165) is 22.4 Å². The normalized spacial score (nSPS) is 10.8. The maximum Gasteiger partial charge on any atom is 0.119 e. The van der Waals surface area contributed by atoms with E-state index in [2.05, 4.69) is 10.5 Å². The third-order valence-electron chi connectivity index (χ3n) is 3.75. The standard InChI is InChI=1S/C21H18Cl2N2O/c22-20-7-4-8-21(23)19(20)14-25-24-13-16-9-11-18(12-10-16)26-15-17-5-2-1-3-6-17/h1-13,25H,14-15H2/b24-13-. The van der Waals surface area contributed by atoms with Crippen LogP contribution in [0.15, 0.2) is 77.9 Å². The number of rotatable bonds is 7. The summed E-state index contributed by atoms with van der Waals surface area (Å²) in [6, 6.07) is 23.3. The summed E-state index contributed by atoms with van der Waals surface area (Å²) in [4.78, 5) is 0. The van der Waals surface area contributed by atoms with E-state index in [1.54, 1.807) is 6.21 Å². The lowest BCUT2D eigenvalue weighted by Crippen LogP contribution is -2.06. The third kappa shape index (κ3) is 5.25. The molecule has 1 N–H and O–H groups in total. The molecule has 0 fully saturated rings. The highest BCUT2D eigenvalue weighted by atomic mass is 35.5. The molecule has 0 radical (unpaired) electrons. The summed E-state index contributed by atoms with van der Waals surface area (Å²) in [5.41, 5.74) is 5.90. The average molecular weight is 385 g/mol. The molecular weight excluding hydrogens is 367 g/mol. The van der Waals surface area contributed by atoms with Crippen LogP contribution in [0.2, 0.25) is 10.0 Å². The topological polar surface area (TPSA) is 33.6 Å². The van der Waals surface area contributed by atoms with Crippen LogP contribution in [-0.2, 0) is 13.2 Å². The monoisotopic (exact) mass is 384 g/mol. The van der Waals surface area contributed by atoms with Crippen LogP contribution >= 0.6 is 23.2 Å². The van der Waals surface area contributed by atoms with E-state index < -0.39 is 0 Å². The molecule has 0 spiro atoms. The zero-order valence-electron chi connectivity index (χ0n) is 14.0. The van der Waals surface area contributed by atoms with Crippen LogP contribution in [0.1, 0.15) is 16.7 Å². The molecule has 3 nitrogen and oxygen atoms in total. The molecule has 5 heteroatoms. The van der Waals surface area contributed by atoms with E-state index in [0.29, 0.717) is 23.2 Å². The summed E-state index contributed by atoms with van der Waals surface area (Å²) >= 11 is 12.3. The zero-order chi connectivity index (χ0) is 18.2. The summed E-state index contributed by atoms with van der Waals surface area (Å²) in [5.74, 6) is 0.821. The van der Waals surface area contributed by atoms with Gasteiger partial charge in [-0.1, -0.05) is 59.6 Å². The maximum atomic E-state index is 6.13. The Morgan fingerprint density at radius 3 is 2.23 bits per heavy atom. The summed E-state index contributed by atoms with van der Waals surface area (Å²) < 4.78 is 5.77. The predicted octanol–water partition coefficient (Wildman–Crippen LogP) is 5.70. The number of hydrazone groups is 1. The Kier molecular flexibility index (Phi) is 6.53. The highest BCUT2D eigenvalue weighted by Gasteiger charge is 2.03. The Morgan fingerprint density at radius 2 is 1.54 bits per heavy atom. The average Bonchev–Trinajstić information content (AvgIpc) is 2.67. The minimum absolute atomic E-state index is 0.466. The van der Waals surface area contributed by atoms with Crippen molar-refractivity contribution in [3.05, 3.63) is 99.5 Å². The van der Waals surface area contributed by atoms with Gasteiger partial charge in [0.2, 0.25) is 0 Å². The molecule has 3 rings (SSSR count). The van der Waals surface area contributed by atoms with Crippen molar-refractivity contribution < 1.29 is 4.74 Å². The zero-order valence-corrected chi connectivity index (χ0v) is 15.5. The molecule has 0 atom stereocenters. The molecular formula is C21H18Cl2N2O. The number of benzene rings is 3. The second-order valence-electron chi connectivity index (χ2n) is 5.64. The summed E-state index contributed by atoms with van der Waals surface area (Å²) in [6.45, 7) is 1.02. The van der Waals surface area contributed by atoms with E-state index in [9.17, 15) is 0 Å². The highest BCUT2D eigenvalue weighted by molar-refractivity contribution is 6.35. The maximum absolute atomic E-state index is 6.13. The molecule has 0 heterocycles. The van der Waals surface area contributed by atoms with Gasteiger partial charge in [-0.25, -0.2) is 0 Å². The summed E-state index contributed by atoms with van der Waals surface area (Å²) in [7, 11) is 0. The van der Waals surface area contributed by atoms with E-state index in [-0.39, 0.29) is 0 Å². The van der Waals surface area contributed by atoms with Crippen LogP contribution in [-0.4, -0.2) is 6.21 Å².